The van der Waals surface area contributed by atoms with Gasteiger partial charge >= 0.3 is 0 Å². The third kappa shape index (κ3) is 4.98. The maximum atomic E-state index is 12.9. The van der Waals surface area contributed by atoms with E-state index < -0.39 is 11.5 Å². The number of carbonyl (C=O) groups excluding carboxylic acids is 2. The highest BCUT2D eigenvalue weighted by Crippen LogP contribution is 2.30. The van der Waals surface area contributed by atoms with Crippen LogP contribution in [-0.4, -0.2) is 46.1 Å². The van der Waals surface area contributed by atoms with Crippen LogP contribution in [0.4, 0.5) is 5.69 Å². The van der Waals surface area contributed by atoms with Crippen molar-refractivity contribution >= 4 is 39.3 Å². The number of hydrogen-bond donors (Lipinski definition) is 5. The van der Waals surface area contributed by atoms with Gasteiger partial charge < -0.3 is 26.0 Å². The summed E-state index contributed by atoms with van der Waals surface area (Å²) in [6.07, 6.45) is 8.01. The molecule has 2 heterocycles. The van der Waals surface area contributed by atoms with Gasteiger partial charge in [0.15, 0.2) is 0 Å². The second-order valence-corrected chi connectivity index (χ2v) is 8.57. The Balaban J connectivity index is 1.43. The van der Waals surface area contributed by atoms with Crippen molar-refractivity contribution in [2.45, 2.75) is 12.5 Å². The fraction of sp³-hybridized carbons (Fsp3) is 0.143. The number of pyridine rings is 2. The molecule has 5 N–H and O–H groups in total. The van der Waals surface area contributed by atoms with Crippen LogP contribution in [0.1, 0.15) is 27.1 Å². The first-order valence-electron chi connectivity index (χ1n) is 11.9. The Hall–Kier alpha value is -4.76. The summed E-state index contributed by atoms with van der Waals surface area (Å²) in [5, 5.41) is 19.5. The molecule has 5 rings (SSSR count). The van der Waals surface area contributed by atoms with E-state index in [2.05, 4.69) is 25.9 Å². The first-order valence-corrected chi connectivity index (χ1v) is 11.9. The fourth-order valence-electron chi connectivity index (χ4n) is 4.38. The second kappa shape index (κ2) is 10.5. The zero-order valence-corrected chi connectivity index (χ0v) is 19.8. The summed E-state index contributed by atoms with van der Waals surface area (Å²) < 4.78 is 0. The molecule has 0 fully saturated rings. The summed E-state index contributed by atoms with van der Waals surface area (Å²) in [5.74, 6) is -0.571. The smallest absolute Gasteiger partial charge is 0.258 e. The van der Waals surface area contributed by atoms with Crippen molar-refractivity contribution in [2.75, 3.05) is 18.5 Å². The number of aliphatic hydroxyl groups is 1. The SMILES string of the molecule is O=C(NC1C=CC(Nc2ccnc3[nH]c(=O)c4c(C(=O)NCCO)cccc4c23)=CC1)c1ccccc1. The highest BCUT2D eigenvalue weighted by molar-refractivity contribution is 6.16. The molecular formula is C28H25N5O4. The number of H-pyrrole nitrogens is 1. The predicted octanol–water partition coefficient (Wildman–Crippen LogP) is 2.85. The van der Waals surface area contributed by atoms with E-state index in [-0.39, 0.29) is 36.1 Å². The van der Waals surface area contributed by atoms with Crippen molar-refractivity contribution in [2.24, 2.45) is 0 Å². The van der Waals surface area contributed by atoms with Gasteiger partial charge in [-0.1, -0.05) is 42.5 Å². The Kier molecular flexibility index (Phi) is 6.78. The largest absolute Gasteiger partial charge is 0.395 e. The summed E-state index contributed by atoms with van der Waals surface area (Å²) in [7, 11) is 0. The first kappa shape index (κ1) is 24.0. The number of carbonyl (C=O) groups is 2. The van der Waals surface area contributed by atoms with Crippen molar-refractivity contribution < 1.29 is 14.7 Å². The molecule has 2 amide bonds. The number of aliphatic hydroxyl groups excluding tert-OH is 1. The van der Waals surface area contributed by atoms with E-state index in [1.807, 2.05) is 36.4 Å². The fourth-order valence-corrected chi connectivity index (χ4v) is 4.38. The van der Waals surface area contributed by atoms with Gasteiger partial charge in [0, 0.05) is 34.8 Å². The van der Waals surface area contributed by atoms with Crippen LogP contribution in [0.5, 0.6) is 0 Å². The maximum absolute atomic E-state index is 12.9. The molecule has 1 aliphatic carbocycles. The maximum Gasteiger partial charge on any atom is 0.258 e. The van der Waals surface area contributed by atoms with Crippen molar-refractivity contribution in [3.63, 3.8) is 0 Å². The second-order valence-electron chi connectivity index (χ2n) is 8.57. The van der Waals surface area contributed by atoms with Crippen molar-refractivity contribution in [1.82, 2.24) is 20.6 Å². The number of fused-ring (bicyclic) bond motifs is 3. The van der Waals surface area contributed by atoms with Crippen molar-refractivity contribution in [1.29, 1.82) is 0 Å². The Morgan fingerprint density at radius 2 is 1.86 bits per heavy atom. The van der Waals surface area contributed by atoms with E-state index in [4.69, 9.17) is 5.11 Å². The lowest BCUT2D eigenvalue weighted by Crippen LogP contribution is -2.34. The molecule has 186 valence electrons. The molecule has 0 saturated heterocycles. The molecule has 1 atom stereocenters. The Morgan fingerprint density at radius 1 is 1.03 bits per heavy atom. The minimum atomic E-state index is -0.440. The van der Waals surface area contributed by atoms with Gasteiger partial charge in [-0.15, -0.1) is 0 Å². The topological polar surface area (TPSA) is 136 Å². The van der Waals surface area contributed by atoms with Crippen LogP contribution in [0.15, 0.2) is 89.5 Å². The zero-order chi connectivity index (χ0) is 25.8. The number of hydrogen-bond acceptors (Lipinski definition) is 6. The van der Waals surface area contributed by atoms with Gasteiger partial charge in [0.25, 0.3) is 17.4 Å². The highest BCUT2D eigenvalue weighted by atomic mass is 16.3. The van der Waals surface area contributed by atoms with Gasteiger partial charge in [0.05, 0.1) is 29.3 Å². The quantitative estimate of drug-likeness (QED) is 0.250. The molecule has 4 aromatic rings. The molecule has 0 saturated carbocycles. The number of aromatic amines is 1. The molecule has 0 bridgehead atoms. The normalized spacial score (nSPS) is 14.8. The molecule has 0 spiro atoms. The van der Waals surface area contributed by atoms with E-state index in [0.717, 1.165) is 5.70 Å². The zero-order valence-electron chi connectivity index (χ0n) is 19.8. The van der Waals surface area contributed by atoms with Crippen LogP contribution in [0, 0.1) is 0 Å². The number of benzene rings is 2. The molecule has 1 aliphatic rings. The van der Waals surface area contributed by atoms with E-state index in [1.54, 1.807) is 42.6 Å². The van der Waals surface area contributed by atoms with Gasteiger partial charge in [0.1, 0.15) is 5.65 Å². The lowest BCUT2D eigenvalue weighted by atomic mass is 10.0. The molecule has 37 heavy (non-hydrogen) atoms. The summed E-state index contributed by atoms with van der Waals surface area (Å²) in [5.41, 5.74) is 2.34. The third-order valence-electron chi connectivity index (χ3n) is 6.12. The molecule has 0 aliphatic heterocycles. The standard InChI is InChI=1S/C28H25N5O4/c34-16-15-30-27(36)21-8-4-7-20-23(21)28(37)33-25-24(20)22(13-14-29-25)31-18-9-11-19(12-10-18)32-26(35)17-5-2-1-3-6-17/h1-11,13-14,19,34H,12,15-16H2,(H,30,36)(H,32,35)(H2,29,31,33,37). The molecule has 1 unspecified atom stereocenters. The van der Waals surface area contributed by atoms with Crippen LogP contribution >= 0.6 is 0 Å². The average Bonchev–Trinajstić information content (AvgIpc) is 2.93. The summed E-state index contributed by atoms with van der Waals surface area (Å²) in [6, 6.07) is 15.8. The molecular weight excluding hydrogens is 470 g/mol. The van der Waals surface area contributed by atoms with Gasteiger partial charge in [-0.25, -0.2) is 4.98 Å². The lowest BCUT2D eigenvalue weighted by molar-refractivity contribution is 0.0937. The van der Waals surface area contributed by atoms with Crippen molar-refractivity contribution in [3.8, 4) is 0 Å². The number of anilines is 1. The predicted molar refractivity (Wildman–Crippen MR) is 142 cm³/mol. The molecule has 9 heteroatoms. The van der Waals surface area contributed by atoms with Crippen LogP contribution in [-0.2, 0) is 0 Å². The first-order chi connectivity index (χ1) is 18.0. The Bertz CT molecular complexity index is 1610. The third-order valence-corrected chi connectivity index (χ3v) is 6.12. The van der Waals surface area contributed by atoms with E-state index in [9.17, 15) is 14.4 Å². The van der Waals surface area contributed by atoms with E-state index in [0.29, 0.717) is 34.1 Å². The van der Waals surface area contributed by atoms with Crippen LogP contribution in [0.25, 0.3) is 21.8 Å². The molecule has 0 radical (unpaired) electrons. The van der Waals surface area contributed by atoms with Gasteiger partial charge in [-0.05, 0) is 36.8 Å². The monoisotopic (exact) mass is 495 g/mol. The number of aromatic nitrogens is 2. The van der Waals surface area contributed by atoms with Gasteiger partial charge in [0.2, 0.25) is 0 Å². The van der Waals surface area contributed by atoms with Crippen LogP contribution < -0.4 is 21.5 Å². The molecule has 9 nitrogen and oxygen atoms in total. The van der Waals surface area contributed by atoms with E-state index in [1.165, 1.54) is 0 Å². The number of allylic oxidation sites excluding steroid dienone is 1. The summed E-state index contributed by atoms with van der Waals surface area (Å²) in [6.45, 7) is -0.116. The minimum absolute atomic E-state index is 0.0857. The van der Waals surface area contributed by atoms with Crippen LogP contribution in [0.2, 0.25) is 0 Å². The number of nitrogens with zero attached hydrogens (tertiary/aromatic N) is 1. The molecule has 2 aromatic carbocycles. The van der Waals surface area contributed by atoms with E-state index >= 15 is 0 Å². The number of rotatable bonds is 7. The summed E-state index contributed by atoms with van der Waals surface area (Å²) >= 11 is 0. The molecule has 2 aromatic heterocycles. The Labute approximate surface area is 211 Å². The van der Waals surface area contributed by atoms with Gasteiger partial charge in [-0.2, -0.15) is 0 Å². The average molecular weight is 496 g/mol. The number of nitrogens with one attached hydrogen (secondary N) is 4. The van der Waals surface area contributed by atoms with Crippen LogP contribution in [0.3, 0.4) is 0 Å². The number of amides is 2. The lowest BCUT2D eigenvalue weighted by Gasteiger charge is -2.19. The Morgan fingerprint density at radius 3 is 2.62 bits per heavy atom. The van der Waals surface area contributed by atoms with Gasteiger partial charge in [-0.3, -0.25) is 14.4 Å². The highest BCUT2D eigenvalue weighted by Gasteiger charge is 2.18. The minimum Gasteiger partial charge on any atom is -0.395 e. The summed E-state index contributed by atoms with van der Waals surface area (Å²) in [4.78, 5) is 45.1. The van der Waals surface area contributed by atoms with Crippen molar-refractivity contribution in [3.05, 3.63) is 106 Å².